The molecule has 1 atom stereocenters. The molecule has 3 heteroatoms. The number of Topliss-reactive ketones (excluding diaryl/α,β-unsaturated/α-hetero) is 1. The first kappa shape index (κ1) is 14.1. The predicted molar refractivity (Wildman–Crippen MR) is 86.3 cm³/mol. The summed E-state index contributed by atoms with van der Waals surface area (Å²) in [7, 11) is 0. The maximum absolute atomic E-state index is 12.3. The van der Waals surface area contributed by atoms with Gasteiger partial charge in [0, 0.05) is 22.6 Å². The average molecular weight is 336 g/mol. The number of hydrogen-bond donors (Lipinski definition) is 0. The Labute approximate surface area is 129 Å². The molecule has 0 spiro atoms. The maximum Gasteiger partial charge on any atom is 0.159 e. The van der Waals surface area contributed by atoms with E-state index in [0.29, 0.717) is 18.2 Å². The van der Waals surface area contributed by atoms with Crippen molar-refractivity contribution in [1.29, 1.82) is 0 Å². The molecule has 0 amide bonds. The first-order valence-corrected chi connectivity index (χ1v) is 8.55. The third kappa shape index (κ3) is 2.65. The van der Waals surface area contributed by atoms with E-state index >= 15 is 0 Å². The van der Waals surface area contributed by atoms with E-state index in [1.54, 1.807) is 0 Å². The summed E-state index contributed by atoms with van der Waals surface area (Å²) in [6, 6.07) is 6.91. The van der Waals surface area contributed by atoms with E-state index in [4.69, 9.17) is 0 Å². The largest absolute Gasteiger partial charge is 0.359 e. The molecule has 0 radical (unpaired) electrons. The van der Waals surface area contributed by atoms with E-state index in [0.717, 1.165) is 4.47 Å². The van der Waals surface area contributed by atoms with Crippen molar-refractivity contribution in [2.24, 2.45) is 0 Å². The molecule has 1 fully saturated rings. The van der Waals surface area contributed by atoms with Crippen LogP contribution in [0.2, 0.25) is 0 Å². The van der Waals surface area contributed by atoms with E-state index in [9.17, 15) is 4.79 Å². The Morgan fingerprint density at radius 3 is 2.55 bits per heavy atom. The molecule has 20 heavy (non-hydrogen) atoms. The van der Waals surface area contributed by atoms with Crippen LogP contribution in [0.25, 0.3) is 0 Å². The molecule has 1 aromatic carbocycles. The summed E-state index contributed by atoms with van der Waals surface area (Å²) in [6.45, 7) is 2.08. The molecule has 1 aliphatic carbocycles. The van der Waals surface area contributed by atoms with E-state index in [1.165, 1.54) is 49.8 Å². The first-order valence-electron chi connectivity index (χ1n) is 7.76. The van der Waals surface area contributed by atoms with Crippen LogP contribution in [0, 0.1) is 0 Å². The van der Waals surface area contributed by atoms with E-state index in [-0.39, 0.29) is 6.04 Å². The fourth-order valence-corrected chi connectivity index (χ4v) is 4.02. The zero-order valence-electron chi connectivity index (χ0n) is 12.1. The van der Waals surface area contributed by atoms with Gasteiger partial charge in [-0.05, 0) is 37.5 Å². The molecule has 2 nitrogen and oxygen atoms in total. The van der Waals surface area contributed by atoms with Gasteiger partial charge in [-0.2, -0.15) is 0 Å². The van der Waals surface area contributed by atoms with Crippen LogP contribution in [0.3, 0.4) is 0 Å². The number of carbonyl (C=O) groups excluding carboxylic acids is 1. The fourth-order valence-electron chi connectivity index (χ4n) is 3.67. The highest BCUT2D eigenvalue weighted by Gasteiger charge is 2.34. The summed E-state index contributed by atoms with van der Waals surface area (Å²) in [5.41, 5.74) is 2.47. The van der Waals surface area contributed by atoms with Gasteiger partial charge in [-0.15, -0.1) is 0 Å². The Hall–Kier alpha value is -0.830. The van der Waals surface area contributed by atoms with Gasteiger partial charge < -0.3 is 4.90 Å². The summed E-state index contributed by atoms with van der Waals surface area (Å²) >= 11 is 3.58. The molecule has 3 rings (SSSR count). The van der Waals surface area contributed by atoms with Crippen LogP contribution in [0.5, 0.6) is 0 Å². The number of hydrogen-bond acceptors (Lipinski definition) is 2. The second-order valence-corrected chi connectivity index (χ2v) is 7.06. The van der Waals surface area contributed by atoms with E-state index in [2.05, 4.69) is 39.9 Å². The molecule has 0 bridgehead atoms. The van der Waals surface area contributed by atoms with E-state index in [1.807, 2.05) is 6.07 Å². The highest BCUT2D eigenvalue weighted by atomic mass is 79.9. The summed E-state index contributed by atoms with van der Waals surface area (Å²) in [4.78, 5) is 14.7. The van der Waals surface area contributed by atoms with Crippen LogP contribution in [-0.2, 0) is 11.2 Å². The number of nitrogens with zero attached hydrogens (tertiary/aromatic N) is 1. The number of ketones is 1. The minimum absolute atomic E-state index is 0.0277. The quantitative estimate of drug-likeness (QED) is 0.704. The van der Waals surface area contributed by atoms with Crippen LogP contribution in [-0.4, -0.2) is 17.9 Å². The van der Waals surface area contributed by atoms with Gasteiger partial charge in [-0.25, -0.2) is 0 Å². The van der Waals surface area contributed by atoms with Crippen molar-refractivity contribution in [2.75, 3.05) is 4.90 Å². The van der Waals surface area contributed by atoms with Crippen molar-refractivity contribution in [1.82, 2.24) is 0 Å². The van der Waals surface area contributed by atoms with Crippen LogP contribution in [0.4, 0.5) is 5.69 Å². The lowest BCUT2D eigenvalue weighted by Gasteiger charge is -2.41. The molecule has 108 valence electrons. The van der Waals surface area contributed by atoms with Crippen molar-refractivity contribution in [2.45, 2.75) is 64.0 Å². The highest BCUT2D eigenvalue weighted by Crippen LogP contribution is 2.36. The van der Waals surface area contributed by atoms with Crippen molar-refractivity contribution in [3.8, 4) is 0 Å². The lowest BCUT2D eigenvalue weighted by molar-refractivity contribution is -0.119. The summed E-state index contributed by atoms with van der Waals surface area (Å²) in [5, 5.41) is 0. The summed E-state index contributed by atoms with van der Waals surface area (Å²) < 4.78 is 1.11. The molecule has 0 saturated heterocycles. The van der Waals surface area contributed by atoms with Gasteiger partial charge in [0.1, 0.15) is 0 Å². The van der Waals surface area contributed by atoms with Gasteiger partial charge in [-0.1, -0.05) is 47.7 Å². The molecule has 1 heterocycles. The van der Waals surface area contributed by atoms with Gasteiger partial charge in [0.25, 0.3) is 0 Å². The Bertz CT molecular complexity index is 506. The van der Waals surface area contributed by atoms with Crippen molar-refractivity contribution < 1.29 is 4.79 Å². The number of carbonyl (C=O) groups is 1. The molecular weight excluding hydrogens is 314 g/mol. The number of anilines is 1. The van der Waals surface area contributed by atoms with Crippen LogP contribution in [0.1, 0.15) is 51.0 Å². The SMILES string of the molecule is C[C@@H]1C(=O)Cc2ccc(Br)cc2N1C1CCCCCC1. The van der Waals surface area contributed by atoms with Crippen molar-refractivity contribution in [3.63, 3.8) is 0 Å². The monoisotopic (exact) mass is 335 g/mol. The number of benzene rings is 1. The Morgan fingerprint density at radius 2 is 1.85 bits per heavy atom. The normalized spacial score (nSPS) is 24.4. The van der Waals surface area contributed by atoms with Gasteiger partial charge >= 0.3 is 0 Å². The van der Waals surface area contributed by atoms with Crippen LogP contribution in [0.15, 0.2) is 22.7 Å². The molecule has 1 saturated carbocycles. The molecule has 0 aromatic heterocycles. The molecule has 1 aliphatic heterocycles. The van der Waals surface area contributed by atoms with Crippen molar-refractivity contribution >= 4 is 27.4 Å². The Morgan fingerprint density at radius 1 is 1.15 bits per heavy atom. The first-order chi connectivity index (χ1) is 9.66. The second-order valence-electron chi connectivity index (χ2n) is 6.14. The molecule has 0 unspecified atom stereocenters. The minimum atomic E-state index is 0.0277. The van der Waals surface area contributed by atoms with Gasteiger partial charge in [0.05, 0.1) is 6.04 Å². The number of halogens is 1. The third-order valence-electron chi connectivity index (χ3n) is 4.79. The van der Waals surface area contributed by atoms with Crippen molar-refractivity contribution in [3.05, 3.63) is 28.2 Å². The molecule has 2 aliphatic rings. The van der Waals surface area contributed by atoms with E-state index < -0.39 is 0 Å². The zero-order chi connectivity index (χ0) is 14.1. The van der Waals surface area contributed by atoms with Crippen LogP contribution >= 0.6 is 15.9 Å². The minimum Gasteiger partial charge on any atom is -0.359 e. The molecular formula is C17H22BrNO. The highest BCUT2D eigenvalue weighted by molar-refractivity contribution is 9.10. The second kappa shape index (κ2) is 5.88. The zero-order valence-corrected chi connectivity index (χ0v) is 13.7. The Kier molecular flexibility index (Phi) is 4.16. The fraction of sp³-hybridized carbons (Fsp3) is 0.588. The standard InChI is InChI=1S/C17H22BrNO/c1-12-17(20)10-13-8-9-14(18)11-16(13)19(12)15-6-4-2-3-5-7-15/h8-9,11-12,15H,2-7,10H2,1H3/t12-/m1/s1. The maximum atomic E-state index is 12.3. The molecule has 1 aromatic rings. The Balaban J connectivity index is 1.99. The van der Waals surface area contributed by atoms with Gasteiger partial charge in [0.15, 0.2) is 5.78 Å². The van der Waals surface area contributed by atoms with Crippen LogP contribution < -0.4 is 4.90 Å². The predicted octanol–water partition coefficient (Wildman–Crippen LogP) is 4.49. The van der Waals surface area contributed by atoms with Gasteiger partial charge in [-0.3, -0.25) is 4.79 Å². The summed E-state index contributed by atoms with van der Waals surface area (Å²) in [6.07, 6.45) is 8.33. The summed E-state index contributed by atoms with van der Waals surface area (Å²) in [5.74, 6) is 0.365. The number of fused-ring (bicyclic) bond motifs is 1. The molecule has 0 N–H and O–H groups in total. The van der Waals surface area contributed by atoms with Gasteiger partial charge in [0.2, 0.25) is 0 Å². The average Bonchev–Trinajstić information content (AvgIpc) is 2.70. The lowest BCUT2D eigenvalue weighted by atomic mass is 9.92. The topological polar surface area (TPSA) is 20.3 Å². The smallest absolute Gasteiger partial charge is 0.159 e. The third-order valence-corrected chi connectivity index (χ3v) is 5.28. The number of rotatable bonds is 1. The lowest BCUT2D eigenvalue weighted by Crippen LogP contribution is -2.49.